The van der Waals surface area contributed by atoms with Gasteiger partial charge in [0.05, 0.1) is 17.3 Å². The maximum absolute atomic E-state index is 4.70. The van der Waals surface area contributed by atoms with E-state index >= 15 is 0 Å². The Hall–Kier alpha value is -2.86. The molecule has 1 N–H and O–H groups in total. The van der Waals surface area contributed by atoms with E-state index in [9.17, 15) is 0 Å². The number of nitrogens with zero attached hydrogens (tertiary/aromatic N) is 4. The van der Waals surface area contributed by atoms with Crippen molar-refractivity contribution in [2.24, 2.45) is 0 Å². The first-order chi connectivity index (χ1) is 13.2. The number of hydrogen-bond acceptors (Lipinski definition) is 5. The van der Waals surface area contributed by atoms with E-state index in [2.05, 4.69) is 77.8 Å². The number of aromatic nitrogens is 4. The van der Waals surface area contributed by atoms with Gasteiger partial charge < -0.3 is 5.32 Å². The van der Waals surface area contributed by atoms with Crippen molar-refractivity contribution in [2.45, 2.75) is 25.5 Å². The minimum atomic E-state index is 0.711. The normalized spacial score (nSPS) is 11.1. The van der Waals surface area contributed by atoms with E-state index in [1.165, 1.54) is 28.5 Å². The number of anilines is 1. The molecule has 2 heterocycles. The van der Waals surface area contributed by atoms with Gasteiger partial charge in [-0.1, -0.05) is 53.7 Å². The topological polar surface area (TPSA) is 55.6 Å². The molecular formula is C21H21N5S. The Morgan fingerprint density at radius 3 is 2.52 bits per heavy atom. The highest BCUT2D eigenvalue weighted by Gasteiger charge is 2.14. The molecule has 4 aromatic rings. The van der Waals surface area contributed by atoms with Gasteiger partial charge in [-0.2, -0.15) is 5.10 Å². The first kappa shape index (κ1) is 17.5. The van der Waals surface area contributed by atoms with Gasteiger partial charge in [-0.3, -0.25) is 0 Å². The lowest BCUT2D eigenvalue weighted by Gasteiger charge is -2.10. The monoisotopic (exact) mass is 375 g/mol. The van der Waals surface area contributed by atoms with Crippen LogP contribution in [0.4, 0.5) is 5.82 Å². The SMILES string of the molecule is CSc1nc(NCc2ccccc2C)c2cnn(-c3ccc(C)cc3)c2n1. The van der Waals surface area contributed by atoms with E-state index < -0.39 is 0 Å². The fraction of sp³-hybridized carbons (Fsp3) is 0.190. The first-order valence-corrected chi connectivity index (χ1v) is 10.0. The molecule has 0 spiro atoms. The standard InChI is InChI=1S/C21H21N5S/c1-14-8-10-17(11-9-14)26-20-18(13-23-26)19(24-21(25-20)27-3)22-12-16-7-5-4-6-15(16)2/h4-11,13H,12H2,1-3H3,(H,22,24,25). The van der Waals surface area contributed by atoms with Crippen LogP contribution >= 0.6 is 11.8 Å². The first-order valence-electron chi connectivity index (χ1n) is 8.81. The Bertz CT molecular complexity index is 1090. The zero-order valence-corrected chi connectivity index (χ0v) is 16.4. The van der Waals surface area contributed by atoms with E-state index in [1.54, 1.807) is 0 Å². The van der Waals surface area contributed by atoms with Crippen molar-refractivity contribution in [3.63, 3.8) is 0 Å². The summed E-state index contributed by atoms with van der Waals surface area (Å²) in [5, 5.41) is 9.69. The Balaban J connectivity index is 1.74. The van der Waals surface area contributed by atoms with Crippen LogP contribution in [0.1, 0.15) is 16.7 Å². The fourth-order valence-electron chi connectivity index (χ4n) is 2.98. The molecule has 2 aromatic carbocycles. The molecule has 136 valence electrons. The number of fused-ring (bicyclic) bond motifs is 1. The molecule has 27 heavy (non-hydrogen) atoms. The summed E-state index contributed by atoms with van der Waals surface area (Å²) in [4.78, 5) is 9.37. The summed E-state index contributed by atoms with van der Waals surface area (Å²) >= 11 is 1.53. The summed E-state index contributed by atoms with van der Waals surface area (Å²) in [5.41, 5.74) is 5.53. The average molecular weight is 376 g/mol. The number of aryl methyl sites for hydroxylation is 2. The van der Waals surface area contributed by atoms with Gasteiger partial charge in [0.25, 0.3) is 0 Å². The van der Waals surface area contributed by atoms with Gasteiger partial charge in [-0.15, -0.1) is 0 Å². The van der Waals surface area contributed by atoms with Crippen LogP contribution in [0.25, 0.3) is 16.7 Å². The van der Waals surface area contributed by atoms with Crippen molar-refractivity contribution in [3.8, 4) is 5.69 Å². The van der Waals surface area contributed by atoms with Crippen molar-refractivity contribution >= 4 is 28.6 Å². The Morgan fingerprint density at radius 1 is 1.00 bits per heavy atom. The summed E-state index contributed by atoms with van der Waals surface area (Å²) in [7, 11) is 0. The second-order valence-corrected chi connectivity index (χ2v) is 7.24. The molecule has 0 amide bonds. The molecule has 0 aliphatic carbocycles. The molecule has 0 unspecified atom stereocenters. The number of thioether (sulfide) groups is 1. The van der Waals surface area contributed by atoms with Gasteiger partial charge >= 0.3 is 0 Å². The van der Waals surface area contributed by atoms with Crippen molar-refractivity contribution in [1.29, 1.82) is 0 Å². The van der Waals surface area contributed by atoms with E-state index in [1.807, 2.05) is 17.1 Å². The van der Waals surface area contributed by atoms with Gasteiger partial charge in [-0.05, 0) is 43.4 Å². The van der Waals surface area contributed by atoms with Crippen LogP contribution in [-0.2, 0) is 6.54 Å². The van der Waals surface area contributed by atoms with Gasteiger partial charge in [0.15, 0.2) is 10.8 Å². The van der Waals surface area contributed by atoms with E-state index in [4.69, 9.17) is 4.98 Å². The molecular weight excluding hydrogens is 354 g/mol. The molecule has 4 rings (SSSR count). The van der Waals surface area contributed by atoms with Crippen molar-refractivity contribution in [3.05, 3.63) is 71.4 Å². The summed E-state index contributed by atoms with van der Waals surface area (Å²) in [6.45, 7) is 4.91. The zero-order valence-electron chi connectivity index (χ0n) is 15.6. The van der Waals surface area contributed by atoms with Crippen molar-refractivity contribution < 1.29 is 0 Å². The lowest BCUT2D eigenvalue weighted by Crippen LogP contribution is -2.05. The maximum Gasteiger partial charge on any atom is 0.191 e. The predicted octanol–water partition coefficient (Wildman–Crippen LogP) is 4.77. The Morgan fingerprint density at radius 2 is 1.78 bits per heavy atom. The highest BCUT2D eigenvalue weighted by atomic mass is 32.2. The number of rotatable bonds is 5. The van der Waals surface area contributed by atoms with Crippen LogP contribution in [0, 0.1) is 13.8 Å². The van der Waals surface area contributed by atoms with Crippen LogP contribution < -0.4 is 5.32 Å². The lowest BCUT2D eigenvalue weighted by atomic mass is 10.1. The quantitative estimate of drug-likeness (QED) is 0.402. The Labute approximate surface area is 162 Å². The van der Waals surface area contributed by atoms with Gasteiger partial charge in [-0.25, -0.2) is 14.6 Å². The highest BCUT2D eigenvalue weighted by molar-refractivity contribution is 7.98. The summed E-state index contributed by atoms with van der Waals surface area (Å²) < 4.78 is 1.87. The fourth-order valence-corrected chi connectivity index (χ4v) is 3.34. The number of benzene rings is 2. The molecule has 0 aliphatic rings. The lowest BCUT2D eigenvalue weighted by molar-refractivity contribution is 0.876. The molecule has 0 saturated heterocycles. The molecule has 0 fully saturated rings. The van der Waals surface area contributed by atoms with Gasteiger partial charge in [0.2, 0.25) is 0 Å². The van der Waals surface area contributed by atoms with Crippen molar-refractivity contribution in [1.82, 2.24) is 19.7 Å². The molecule has 0 atom stereocenters. The Kier molecular flexibility index (Phi) is 4.81. The van der Waals surface area contributed by atoms with Gasteiger partial charge in [0.1, 0.15) is 5.82 Å². The van der Waals surface area contributed by atoms with Crippen LogP contribution in [0.15, 0.2) is 59.9 Å². The third kappa shape index (κ3) is 3.53. The average Bonchev–Trinajstić information content (AvgIpc) is 3.11. The summed E-state index contributed by atoms with van der Waals surface area (Å²) in [6.07, 6.45) is 3.82. The van der Waals surface area contributed by atoms with Crippen LogP contribution in [0.2, 0.25) is 0 Å². The van der Waals surface area contributed by atoms with E-state index in [0.29, 0.717) is 6.54 Å². The summed E-state index contributed by atoms with van der Waals surface area (Å²) in [5.74, 6) is 0.811. The number of hydrogen-bond donors (Lipinski definition) is 1. The zero-order chi connectivity index (χ0) is 18.8. The second-order valence-electron chi connectivity index (χ2n) is 6.47. The third-order valence-electron chi connectivity index (χ3n) is 4.58. The number of nitrogens with one attached hydrogen (secondary N) is 1. The predicted molar refractivity (Wildman–Crippen MR) is 112 cm³/mol. The molecule has 0 radical (unpaired) electrons. The van der Waals surface area contributed by atoms with Crippen LogP contribution in [-0.4, -0.2) is 26.0 Å². The smallest absolute Gasteiger partial charge is 0.191 e. The maximum atomic E-state index is 4.70. The minimum Gasteiger partial charge on any atom is -0.365 e. The highest BCUT2D eigenvalue weighted by Crippen LogP contribution is 2.26. The van der Waals surface area contributed by atoms with Crippen molar-refractivity contribution in [2.75, 3.05) is 11.6 Å². The van der Waals surface area contributed by atoms with Crippen LogP contribution in [0.3, 0.4) is 0 Å². The molecule has 0 bridgehead atoms. The minimum absolute atomic E-state index is 0.711. The van der Waals surface area contributed by atoms with Crippen LogP contribution in [0.5, 0.6) is 0 Å². The third-order valence-corrected chi connectivity index (χ3v) is 5.12. The second kappa shape index (κ2) is 7.40. The van der Waals surface area contributed by atoms with Gasteiger partial charge in [0, 0.05) is 6.54 Å². The van der Waals surface area contributed by atoms with E-state index in [0.717, 1.165) is 27.7 Å². The molecule has 6 heteroatoms. The molecule has 0 saturated carbocycles. The largest absolute Gasteiger partial charge is 0.365 e. The molecule has 2 aromatic heterocycles. The summed E-state index contributed by atoms with van der Waals surface area (Å²) in [6, 6.07) is 16.6. The molecule has 0 aliphatic heterocycles. The molecule has 5 nitrogen and oxygen atoms in total. The van der Waals surface area contributed by atoms with E-state index in [-0.39, 0.29) is 0 Å².